The van der Waals surface area contributed by atoms with Crippen molar-refractivity contribution < 1.29 is 4.79 Å². The summed E-state index contributed by atoms with van der Waals surface area (Å²) >= 11 is 0. The van der Waals surface area contributed by atoms with E-state index in [1.54, 1.807) is 0 Å². The van der Waals surface area contributed by atoms with Gasteiger partial charge in [0.05, 0.1) is 6.04 Å². The SMILES string of the molecule is CN1CCC(CNC(=O)C2CCCCN2)CC1. The van der Waals surface area contributed by atoms with Crippen LogP contribution < -0.4 is 10.6 Å². The molecule has 2 N–H and O–H groups in total. The van der Waals surface area contributed by atoms with Gasteiger partial charge in [-0.2, -0.15) is 0 Å². The van der Waals surface area contributed by atoms with Crippen molar-refractivity contribution in [2.24, 2.45) is 5.92 Å². The normalized spacial score (nSPS) is 27.9. The molecule has 0 bridgehead atoms. The van der Waals surface area contributed by atoms with Gasteiger partial charge >= 0.3 is 0 Å². The van der Waals surface area contributed by atoms with Crippen molar-refractivity contribution in [2.45, 2.75) is 38.1 Å². The Balaban J connectivity index is 1.65. The zero-order valence-corrected chi connectivity index (χ0v) is 10.9. The first-order valence-corrected chi connectivity index (χ1v) is 6.95. The number of piperidine rings is 2. The van der Waals surface area contributed by atoms with Crippen molar-refractivity contribution in [2.75, 3.05) is 33.2 Å². The van der Waals surface area contributed by atoms with Crippen LogP contribution in [0, 0.1) is 5.92 Å². The summed E-state index contributed by atoms with van der Waals surface area (Å²) in [7, 11) is 2.17. The van der Waals surface area contributed by atoms with Gasteiger partial charge in [0, 0.05) is 6.54 Å². The van der Waals surface area contributed by atoms with E-state index in [2.05, 4.69) is 22.6 Å². The Morgan fingerprint density at radius 2 is 2.06 bits per heavy atom. The average molecular weight is 239 g/mol. The number of carbonyl (C=O) groups is 1. The van der Waals surface area contributed by atoms with Gasteiger partial charge in [-0.3, -0.25) is 4.79 Å². The van der Waals surface area contributed by atoms with Gasteiger partial charge in [0.2, 0.25) is 5.91 Å². The van der Waals surface area contributed by atoms with Crippen molar-refractivity contribution in [1.82, 2.24) is 15.5 Å². The van der Waals surface area contributed by atoms with Gasteiger partial charge in [0.25, 0.3) is 0 Å². The Hall–Kier alpha value is -0.610. The molecule has 1 atom stereocenters. The molecule has 2 aliphatic rings. The van der Waals surface area contributed by atoms with Gasteiger partial charge < -0.3 is 15.5 Å². The fourth-order valence-electron chi connectivity index (χ4n) is 2.71. The third-order valence-corrected chi connectivity index (χ3v) is 4.03. The Labute approximate surface area is 104 Å². The van der Waals surface area contributed by atoms with E-state index in [0.29, 0.717) is 5.92 Å². The summed E-state index contributed by atoms with van der Waals surface area (Å²) < 4.78 is 0. The molecular weight excluding hydrogens is 214 g/mol. The fourth-order valence-corrected chi connectivity index (χ4v) is 2.71. The van der Waals surface area contributed by atoms with Crippen LogP contribution in [0.4, 0.5) is 0 Å². The van der Waals surface area contributed by atoms with E-state index in [1.165, 1.54) is 38.8 Å². The molecule has 0 aromatic carbocycles. The summed E-state index contributed by atoms with van der Waals surface area (Å²) in [5.74, 6) is 0.891. The maximum atomic E-state index is 11.9. The average Bonchev–Trinajstić information content (AvgIpc) is 2.39. The zero-order chi connectivity index (χ0) is 12.1. The monoisotopic (exact) mass is 239 g/mol. The predicted molar refractivity (Wildman–Crippen MR) is 68.9 cm³/mol. The highest BCUT2D eigenvalue weighted by atomic mass is 16.2. The van der Waals surface area contributed by atoms with E-state index >= 15 is 0 Å². The molecule has 0 spiro atoms. The summed E-state index contributed by atoms with van der Waals surface area (Å²) in [6.07, 6.45) is 5.82. The second kappa shape index (κ2) is 6.36. The van der Waals surface area contributed by atoms with Crippen molar-refractivity contribution in [1.29, 1.82) is 0 Å². The molecular formula is C13H25N3O. The first-order chi connectivity index (χ1) is 8.25. The van der Waals surface area contributed by atoms with Gasteiger partial charge in [-0.1, -0.05) is 6.42 Å². The van der Waals surface area contributed by atoms with Crippen molar-refractivity contribution in [3.05, 3.63) is 0 Å². The molecule has 2 saturated heterocycles. The number of amides is 1. The van der Waals surface area contributed by atoms with Gasteiger partial charge in [-0.15, -0.1) is 0 Å². The highest BCUT2D eigenvalue weighted by molar-refractivity contribution is 5.81. The molecule has 1 unspecified atom stereocenters. The van der Waals surface area contributed by atoms with Crippen LogP contribution in [0.5, 0.6) is 0 Å². The fraction of sp³-hybridized carbons (Fsp3) is 0.923. The number of likely N-dealkylation sites (tertiary alicyclic amines) is 1. The lowest BCUT2D eigenvalue weighted by Crippen LogP contribution is -2.48. The number of carbonyl (C=O) groups excluding carboxylic acids is 1. The number of hydrogen-bond acceptors (Lipinski definition) is 3. The first kappa shape index (κ1) is 12.8. The molecule has 98 valence electrons. The molecule has 2 rings (SSSR count). The Kier molecular flexibility index (Phi) is 4.80. The molecule has 0 aliphatic carbocycles. The van der Waals surface area contributed by atoms with Gasteiger partial charge in [0.15, 0.2) is 0 Å². The summed E-state index contributed by atoms with van der Waals surface area (Å²) in [5.41, 5.74) is 0. The molecule has 0 aromatic rings. The lowest BCUT2D eigenvalue weighted by atomic mass is 9.97. The van der Waals surface area contributed by atoms with E-state index in [1.807, 2.05) is 0 Å². The molecule has 4 nitrogen and oxygen atoms in total. The Morgan fingerprint density at radius 1 is 1.29 bits per heavy atom. The van der Waals surface area contributed by atoms with Gasteiger partial charge in [-0.05, 0) is 58.3 Å². The zero-order valence-electron chi connectivity index (χ0n) is 10.9. The van der Waals surface area contributed by atoms with Crippen LogP contribution in [0.15, 0.2) is 0 Å². The van der Waals surface area contributed by atoms with Crippen LogP contribution >= 0.6 is 0 Å². The number of rotatable bonds is 3. The van der Waals surface area contributed by atoms with E-state index in [4.69, 9.17) is 0 Å². The maximum absolute atomic E-state index is 11.9. The number of nitrogens with zero attached hydrogens (tertiary/aromatic N) is 1. The minimum Gasteiger partial charge on any atom is -0.354 e. The quantitative estimate of drug-likeness (QED) is 0.757. The molecule has 2 fully saturated rings. The Morgan fingerprint density at radius 3 is 2.71 bits per heavy atom. The molecule has 17 heavy (non-hydrogen) atoms. The van der Waals surface area contributed by atoms with Crippen LogP contribution in [0.2, 0.25) is 0 Å². The summed E-state index contributed by atoms with van der Waals surface area (Å²) in [5, 5.41) is 6.41. The van der Waals surface area contributed by atoms with E-state index < -0.39 is 0 Å². The van der Waals surface area contributed by atoms with Crippen LogP contribution in [0.3, 0.4) is 0 Å². The van der Waals surface area contributed by atoms with Gasteiger partial charge in [-0.25, -0.2) is 0 Å². The van der Waals surface area contributed by atoms with Crippen LogP contribution in [-0.4, -0.2) is 50.1 Å². The highest BCUT2D eigenvalue weighted by Crippen LogP contribution is 2.15. The number of hydrogen-bond donors (Lipinski definition) is 2. The minimum atomic E-state index is 0.0648. The lowest BCUT2D eigenvalue weighted by Gasteiger charge is -2.30. The Bertz CT molecular complexity index is 243. The summed E-state index contributed by atoms with van der Waals surface area (Å²) in [6, 6.07) is 0.0648. The second-order valence-electron chi connectivity index (χ2n) is 5.49. The molecule has 2 aliphatic heterocycles. The van der Waals surface area contributed by atoms with E-state index in [-0.39, 0.29) is 11.9 Å². The van der Waals surface area contributed by atoms with Crippen molar-refractivity contribution in [3.8, 4) is 0 Å². The maximum Gasteiger partial charge on any atom is 0.237 e. The minimum absolute atomic E-state index is 0.0648. The van der Waals surface area contributed by atoms with E-state index in [0.717, 1.165) is 19.5 Å². The first-order valence-electron chi connectivity index (χ1n) is 6.95. The smallest absolute Gasteiger partial charge is 0.237 e. The number of nitrogens with one attached hydrogen (secondary N) is 2. The predicted octanol–water partition coefficient (Wildman–Crippen LogP) is 0.587. The highest BCUT2D eigenvalue weighted by Gasteiger charge is 2.22. The summed E-state index contributed by atoms with van der Waals surface area (Å²) in [6.45, 7) is 4.20. The topological polar surface area (TPSA) is 44.4 Å². The van der Waals surface area contributed by atoms with Crippen LogP contribution in [0.25, 0.3) is 0 Å². The van der Waals surface area contributed by atoms with Crippen molar-refractivity contribution >= 4 is 5.91 Å². The van der Waals surface area contributed by atoms with E-state index in [9.17, 15) is 4.79 Å². The third-order valence-electron chi connectivity index (χ3n) is 4.03. The van der Waals surface area contributed by atoms with Crippen LogP contribution in [0.1, 0.15) is 32.1 Å². The van der Waals surface area contributed by atoms with Gasteiger partial charge in [0.1, 0.15) is 0 Å². The second-order valence-corrected chi connectivity index (χ2v) is 5.49. The van der Waals surface area contributed by atoms with Crippen molar-refractivity contribution in [3.63, 3.8) is 0 Å². The molecule has 1 amide bonds. The molecule has 2 heterocycles. The lowest BCUT2D eigenvalue weighted by molar-refractivity contribution is -0.123. The van der Waals surface area contributed by atoms with Crippen LogP contribution in [-0.2, 0) is 4.79 Å². The molecule has 0 radical (unpaired) electrons. The molecule has 0 aromatic heterocycles. The largest absolute Gasteiger partial charge is 0.354 e. The molecule has 4 heteroatoms. The summed E-state index contributed by atoms with van der Waals surface area (Å²) in [4.78, 5) is 14.3. The third kappa shape index (κ3) is 3.96. The standard InChI is InChI=1S/C13H25N3O/c1-16-8-5-11(6-9-16)10-15-13(17)12-4-2-3-7-14-12/h11-12,14H,2-10H2,1H3,(H,15,17). The molecule has 0 saturated carbocycles.